The SMILES string of the molecule is CCCN(CCC)C(=O)c1ccc(NC(=O)CNc2ccc(C(=O)NCc3ccccc3)cc2)cc1. The second kappa shape index (κ2) is 13.7. The van der Waals surface area contributed by atoms with E-state index in [4.69, 9.17) is 0 Å². The molecule has 7 nitrogen and oxygen atoms in total. The van der Waals surface area contributed by atoms with Gasteiger partial charge >= 0.3 is 0 Å². The Hall–Kier alpha value is -4.13. The van der Waals surface area contributed by atoms with Crippen molar-refractivity contribution in [3.05, 3.63) is 95.6 Å². The lowest BCUT2D eigenvalue weighted by molar-refractivity contribution is -0.114. The fraction of sp³-hybridized carbons (Fsp3) is 0.276. The van der Waals surface area contributed by atoms with Crippen LogP contribution in [0, 0.1) is 0 Å². The largest absolute Gasteiger partial charge is 0.376 e. The van der Waals surface area contributed by atoms with Crippen LogP contribution in [0.1, 0.15) is 53.0 Å². The summed E-state index contributed by atoms with van der Waals surface area (Å²) in [5.41, 5.74) is 3.55. The molecule has 3 aromatic rings. The number of benzene rings is 3. The molecule has 3 N–H and O–H groups in total. The average Bonchev–Trinajstić information content (AvgIpc) is 2.91. The van der Waals surface area contributed by atoms with E-state index in [2.05, 4.69) is 29.8 Å². The second-order valence-electron chi connectivity index (χ2n) is 8.52. The fourth-order valence-corrected chi connectivity index (χ4v) is 3.74. The summed E-state index contributed by atoms with van der Waals surface area (Å²) >= 11 is 0. The van der Waals surface area contributed by atoms with Gasteiger partial charge in [0.1, 0.15) is 0 Å². The van der Waals surface area contributed by atoms with Crippen LogP contribution in [0.3, 0.4) is 0 Å². The predicted molar refractivity (Wildman–Crippen MR) is 144 cm³/mol. The quantitative estimate of drug-likeness (QED) is 0.339. The molecule has 3 rings (SSSR count). The van der Waals surface area contributed by atoms with Gasteiger partial charge in [0.15, 0.2) is 0 Å². The van der Waals surface area contributed by atoms with E-state index < -0.39 is 0 Å². The van der Waals surface area contributed by atoms with E-state index in [0.29, 0.717) is 23.4 Å². The first-order chi connectivity index (χ1) is 17.5. The molecular weight excluding hydrogens is 452 g/mol. The van der Waals surface area contributed by atoms with Crippen molar-refractivity contribution < 1.29 is 14.4 Å². The number of anilines is 2. The van der Waals surface area contributed by atoms with Gasteiger partial charge in [0.2, 0.25) is 5.91 Å². The average molecular weight is 487 g/mol. The molecule has 0 aliphatic carbocycles. The smallest absolute Gasteiger partial charge is 0.253 e. The third kappa shape index (κ3) is 7.98. The molecule has 0 saturated carbocycles. The Balaban J connectivity index is 1.45. The Bertz CT molecular complexity index is 1120. The molecule has 0 fully saturated rings. The summed E-state index contributed by atoms with van der Waals surface area (Å²) in [4.78, 5) is 39.3. The van der Waals surface area contributed by atoms with E-state index in [0.717, 1.165) is 37.2 Å². The Kier molecular flexibility index (Phi) is 10.1. The van der Waals surface area contributed by atoms with Crippen molar-refractivity contribution in [1.29, 1.82) is 0 Å². The van der Waals surface area contributed by atoms with Gasteiger partial charge in [0, 0.05) is 42.1 Å². The predicted octanol–water partition coefficient (Wildman–Crippen LogP) is 4.93. The van der Waals surface area contributed by atoms with Crippen LogP contribution in [0.2, 0.25) is 0 Å². The van der Waals surface area contributed by atoms with Crippen LogP contribution >= 0.6 is 0 Å². The number of nitrogens with zero attached hydrogens (tertiary/aromatic N) is 1. The Morgan fingerprint density at radius 1 is 0.722 bits per heavy atom. The lowest BCUT2D eigenvalue weighted by Gasteiger charge is -2.21. The third-order valence-corrected chi connectivity index (χ3v) is 5.59. The van der Waals surface area contributed by atoms with Crippen LogP contribution in [0.5, 0.6) is 0 Å². The summed E-state index contributed by atoms with van der Waals surface area (Å²) in [5, 5.41) is 8.78. The van der Waals surface area contributed by atoms with Crippen molar-refractivity contribution in [1.82, 2.24) is 10.2 Å². The number of hydrogen-bond acceptors (Lipinski definition) is 4. The zero-order valence-electron chi connectivity index (χ0n) is 20.9. The molecule has 0 atom stereocenters. The third-order valence-electron chi connectivity index (χ3n) is 5.59. The number of carbonyl (C=O) groups excluding carboxylic acids is 3. The van der Waals surface area contributed by atoms with Gasteiger partial charge in [0.25, 0.3) is 11.8 Å². The lowest BCUT2D eigenvalue weighted by atomic mass is 10.1. The molecule has 0 heterocycles. The van der Waals surface area contributed by atoms with Crippen LogP contribution in [-0.4, -0.2) is 42.3 Å². The van der Waals surface area contributed by atoms with Gasteiger partial charge in [-0.15, -0.1) is 0 Å². The van der Waals surface area contributed by atoms with Gasteiger partial charge in [-0.05, 0) is 66.9 Å². The van der Waals surface area contributed by atoms with Crippen molar-refractivity contribution in [2.75, 3.05) is 30.3 Å². The van der Waals surface area contributed by atoms with Crippen LogP contribution in [0.15, 0.2) is 78.9 Å². The molecule has 3 amide bonds. The minimum atomic E-state index is -0.211. The minimum absolute atomic E-state index is 0.00966. The van der Waals surface area contributed by atoms with Crippen LogP contribution in [0.4, 0.5) is 11.4 Å². The molecule has 0 unspecified atom stereocenters. The molecule has 0 spiro atoms. The highest BCUT2D eigenvalue weighted by Crippen LogP contribution is 2.13. The van der Waals surface area contributed by atoms with E-state index in [1.165, 1.54) is 0 Å². The molecule has 188 valence electrons. The monoisotopic (exact) mass is 486 g/mol. The zero-order valence-corrected chi connectivity index (χ0v) is 20.9. The van der Waals surface area contributed by atoms with Gasteiger partial charge in [0.05, 0.1) is 6.54 Å². The molecule has 3 aromatic carbocycles. The first-order valence-electron chi connectivity index (χ1n) is 12.4. The maximum Gasteiger partial charge on any atom is 0.253 e. The highest BCUT2D eigenvalue weighted by atomic mass is 16.2. The summed E-state index contributed by atoms with van der Waals surface area (Å²) in [7, 11) is 0. The van der Waals surface area contributed by atoms with Crippen molar-refractivity contribution in [2.45, 2.75) is 33.2 Å². The lowest BCUT2D eigenvalue weighted by Crippen LogP contribution is -2.32. The van der Waals surface area contributed by atoms with E-state index in [1.807, 2.05) is 35.2 Å². The normalized spacial score (nSPS) is 10.4. The van der Waals surface area contributed by atoms with Crippen LogP contribution in [0.25, 0.3) is 0 Å². The molecule has 0 aliphatic heterocycles. The maximum absolute atomic E-state index is 12.7. The Morgan fingerprint density at radius 2 is 1.31 bits per heavy atom. The fourth-order valence-electron chi connectivity index (χ4n) is 3.74. The highest BCUT2D eigenvalue weighted by molar-refractivity contribution is 5.97. The molecule has 0 saturated heterocycles. The number of nitrogens with one attached hydrogen (secondary N) is 3. The zero-order chi connectivity index (χ0) is 25.8. The van der Waals surface area contributed by atoms with Gasteiger partial charge in [-0.1, -0.05) is 44.2 Å². The maximum atomic E-state index is 12.7. The highest BCUT2D eigenvalue weighted by Gasteiger charge is 2.14. The summed E-state index contributed by atoms with van der Waals surface area (Å²) < 4.78 is 0. The first-order valence-corrected chi connectivity index (χ1v) is 12.4. The number of rotatable bonds is 12. The molecule has 36 heavy (non-hydrogen) atoms. The van der Waals surface area contributed by atoms with Crippen molar-refractivity contribution in [2.24, 2.45) is 0 Å². The Morgan fingerprint density at radius 3 is 1.92 bits per heavy atom. The van der Waals surface area contributed by atoms with Gasteiger partial charge < -0.3 is 20.9 Å². The Labute approximate surface area is 212 Å². The van der Waals surface area contributed by atoms with Crippen LogP contribution in [-0.2, 0) is 11.3 Å². The van der Waals surface area contributed by atoms with E-state index in [-0.39, 0.29) is 24.3 Å². The van der Waals surface area contributed by atoms with Crippen molar-refractivity contribution in [3.8, 4) is 0 Å². The first kappa shape index (κ1) is 26.5. The second-order valence-corrected chi connectivity index (χ2v) is 8.52. The van der Waals surface area contributed by atoms with Gasteiger partial charge in [-0.2, -0.15) is 0 Å². The summed E-state index contributed by atoms with van der Waals surface area (Å²) in [5.74, 6) is -0.356. The van der Waals surface area contributed by atoms with Gasteiger partial charge in [-0.25, -0.2) is 0 Å². The number of hydrogen-bond donors (Lipinski definition) is 3. The molecular formula is C29H34N4O3. The molecule has 0 radical (unpaired) electrons. The summed E-state index contributed by atoms with van der Waals surface area (Å²) in [6.07, 6.45) is 1.83. The van der Waals surface area contributed by atoms with Crippen molar-refractivity contribution in [3.63, 3.8) is 0 Å². The molecule has 0 aliphatic rings. The van der Waals surface area contributed by atoms with E-state index >= 15 is 0 Å². The summed E-state index contributed by atoms with van der Waals surface area (Å²) in [6.45, 7) is 6.11. The van der Waals surface area contributed by atoms with Crippen LogP contribution < -0.4 is 16.0 Å². The topological polar surface area (TPSA) is 90.5 Å². The molecule has 0 aromatic heterocycles. The van der Waals surface area contributed by atoms with Gasteiger partial charge in [-0.3, -0.25) is 14.4 Å². The molecule has 0 bridgehead atoms. The number of amides is 3. The summed E-state index contributed by atoms with van der Waals surface area (Å²) in [6, 6.07) is 23.7. The van der Waals surface area contributed by atoms with E-state index in [1.54, 1.807) is 48.5 Å². The minimum Gasteiger partial charge on any atom is -0.376 e. The van der Waals surface area contributed by atoms with E-state index in [9.17, 15) is 14.4 Å². The van der Waals surface area contributed by atoms with Crippen molar-refractivity contribution >= 4 is 29.1 Å². The molecule has 7 heteroatoms. The number of carbonyl (C=O) groups is 3. The standard InChI is InChI=1S/C29H34N4O3/c1-3-18-33(19-4-2)29(36)24-12-16-26(17-13-24)32-27(34)21-30-25-14-10-23(11-15-25)28(35)31-20-22-8-6-5-7-9-22/h5-17,30H,3-4,18-21H2,1-2H3,(H,31,35)(H,32,34).